The van der Waals surface area contributed by atoms with Crippen LogP contribution in [0.5, 0.6) is 0 Å². The van der Waals surface area contributed by atoms with E-state index in [4.69, 9.17) is 0 Å². The van der Waals surface area contributed by atoms with Crippen LogP contribution in [0.2, 0.25) is 0 Å². The van der Waals surface area contributed by atoms with Gasteiger partial charge in [0.15, 0.2) is 0 Å². The van der Waals surface area contributed by atoms with Crippen molar-refractivity contribution in [2.24, 2.45) is 5.41 Å². The van der Waals surface area contributed by atoms with Crippen LogP contribution in [0.3, 0.4) is 0 Å². The van der Waals surface area contributed by atoms with Crippen molar-refractivity contribution in [1.82, 2.24) is 9.36 Å². The summed E-state index contributed by atoms with van der Waals surface area (Å²) < 4.78 is 3.98. The topological polar surface area (TPSA) is 37.8 Å². The minimum absolute atomic E-state index is 0.541. The van der Waals surface area contributed by atoms with Crippen LogP contribution in [0, 0.1) is 5.41 Å². The molecule has 0 saturated heterocycles. The summed E-state index contributed by atoms with van der Waals surface area (Å²) in [5.41, 5.74) is 0.541. The zero-order valence-electron chi connectivity index (χ0n) is 8.79. The Morgan fingerprint density at radius 3 is 2.71 bits per heavy atom. The number of hydrogen-bond acceptors (Lipinski definition) is 4. The predicted molar refractivity (Wildman–Crippen MR) is 59.6 cm³/mol. The normalized spacial score (nSPS) is 22.1. The Labute approximate surface area is 89.1 Å². The van der Waals surface area contributed by atoms with E-state index in [1.165, 1.54) is 37.2 Å². The van der Waals surface area contributed by atoms with Gasteiger partial charge in [0.05, 0.1) is 0 Å². The van der Waals surface area contributed by atoms with Gasteiger partial charge in [-0.25, -0.2) is 4.98 Å². The van der Waals surface area contributed by atoms with Crippen LogP contribution >= 0.6 is 11.5 Å². The predicted octanol–water partition coefficient (Wildman–Crippen LogP) is 2.92. The van der Waals surface area contributed by atoms with Crippen LogP contribution in [-0.4, -0.2) is 15.4 Å². The number of anilines is 1. The van der Waals surface area contributed by atoms with Crippen molar-refractivity contribution < 1.29 is 0 Å². The van der Waals surface area contributed by atoms with E-state index in [1.807, 2.05) is 0 Å². The summed E-state index contributed by atoms with van der Waals surface area (Å²) in [7, 11) is 0. The molecule has 0 amide bonds. The molecule has 0 aromatic carbocycles. The Balaban J connectivity index is 1.85. The zero-order valence-corrected chi connectivity index (χ0v) is 9.60. The van der Waals surface area contributed by atoms with Gasteiger partial charge in [-0.3, -0.25) is 0 Å². The lowest BCUT2D eigenvalue weighted by atomic mass is 9.76. The van der Waals surface area contributed by atoms with E-state index < -0.39 is 0 Å². The average Bonchev–Trinajstić information content (AvgIpc) is 2.61. The molecule has 1 heterocycles. The summed E-state index contributed by atoms with van der Waals surface area (Å²) in [6, 6.07) is 0.607. The first kappa shape index (κ1) is 9.90. The molecule has 0 radical (unpaired) electrons. The summed E-state index contributed by atoms with van der Waals surface area (Å²) in [5.74, 6) is 0. The molecule has 0 unspecified atom stereocenters. The highest BCUT2D eigenvalue weighted by Crippen LogP contribution is 2.36. The smallest absolute Gasteiger partial charge is 0.202 e. The standard InChI is InChI=1S/C10H17N3S/c1-10(2)5-3-8(4-6-10)13-9-11-7-12-14-9/h7-8H,3-6H2,1-2H3,(H,11,12,13). The minimum atomic E-state index is 0.541. The fraction of sp³-hybridized carbons (Fsp3) is 0.800. The van der Waals surface area contributed by atoms with Gasteiger partial charge in [0.2, 0.25) is 5.13 Å². The molecular formula is C10H17N3S. The second kappa shape index (κ2) is 3.85. The largest absolute Gasteiger partial charge is 0.358 e. The highest BCUT2D eigenvalue weighted by atomic mass is 32.1. The van der Waals surface area contributed by atoms with E-state index in [9.17, 15) is 0 Å². The molecule has 1 N–H and O–H groups in total. The number of nitrogens with one attached hydrogen (secondary N) is 1. The highest BCUT2D eigenvalue weighted by Gasteiger charge is 2.26. The van der Waals surface area contributed by atoms with Gasteiger partial charge in [-0.05, 0) is 31.1 Å². The fourth-order valence-corrected chi connectivity index (χ4v) is 2.46. The Morgan fingerprint density at radius 2 is 2.14 bits per heavy atom. The first-order valence-corrected chi connectivity index (χ1v) is 5.96. The molecule has 14 heavy (non-hydrogen) atoms. The SMILES string of the molecule is CC1(C)CCC(Nc2ncns2)CC1. The van der Waals surface area contributed by atoms with E-state index >= 15 is 0 Å². The lowest BCUT2D eigenvalue weighted by Gasteiger charge is -2.34. The van der Waals surface area contributed by atoms with Crippen molar-refractivity contribution in [3.05, 3.63) is 6.33 Å². The van der Waals surface area contributed by atoms with Gasteiger partial charge in [-0.1, -0.05) is 13.8 Å². The van der Waals surface area contributed by atoms with Crippen LogP contribution < -0.4 is 5.32 Å². The molecular weight excluding hydrogens is 194 g/mol. The summed E-state index contributed by atoms with van der Waals surface area (Å²) in [5, 5.41) is 4.41. The maximum Gasteiger partial charge on any atom is 0.202 e. The van der Waals surface area contributed by atoms with Crippen molar-refractivity contribution >= 4 is 16.7 Å². The van der Waals surface area contributed by atoms with Gasteiger partial charge in [0, 0.05) is 17.6 Å². The molecule has 2 rings (SSSR count). The zero-order chi connectivity index (χ0) is 10.0. The maximum atomic E-state index is 4.14. The number of nitrogens with zero attached hydrogens (tertiary/aromatic N) is 2. The van der Waals surface area contributed by atoms with Gasteiger partial charge < -0.3 is 5.32 Å². The van der Waals surface area contributed by atoms with Gasteiger partial charge in [-0.2, -0.15) is 4.37 Å². The number of aromatic nitrogens is 2. The lowest BCUT2D eigenvalue weighted by molar-refractivity contribution is 0.232. The Kier molecular flexibility index (Phi) is 2.72. The van der Waals surface area contributed by atoms with Gasteiger partial charge in [0.1, 0.15) is 6.33 Å². The van der Waals surface area contributed by atoms with Crippen molar-refractivity contribution in [3.63, 3.8) is 0 Å². The van der Waals surface area contributed by atoms with E-state index in [0.29, 0.717) is 11.5 Å². The van der Waals surface area contributed by atoms with Crippen LogP contribution in [0.15, 0.2) is 6.33 Å². The molecule has 1 aromatic rings. The Bertz CT molecular complexity index is 272. The van der Waals surface area contributed by atoms with Crippen LogP contribution in [0.25, 0.3) is 0 Å². The quantitative estimate of drug-likeness (QED) is 0.817. The molecule has 1 fully saturated rings. The number of hydrogen-bond donors (Lipinski definition) is 1. The highest BCUT2D eigenvalue weighted by molar-refractivity contribution is 7.09. The molecule has 1 aliphatic rings. The molecule has 1 saturated carbocycles. The summed E-state index contributed by atoms with van der Waals surface area (Å²) >= 11 is 1.44. The molecule has 78 valence electrons. The second-order valence-corrected chi connectivity index (χ2v) is 5.61. The van der Waals surface area contributed by atoms with Crippen molar-refractivity contribution in [2.45, 2.75) is 45.6 Å². The van der Waals surface area contributed by atoms with Crippen molar-refractivity contribution in [2.75, 3.05) is 5.32 Å². The van der Waals surface area contributed by atoms with Crippen molar-refractivity contribution in [3.8, 4) is 0 Å². The van der Waals surface area contributed by atoms with Gasteiger partial charge in [0.25, 0.3) is 0 Å². The lowest BCUT2D eigenvalue weighted by Crippen LogP contribution is -2.29. The molecule has 3 nitrogen and oxygen atoms in total. The summed E-state index contributed by atoms with van der Waals surface area (Å²) in [4.78, 5) is 4.14. The van der Waals surface area contributed by atoms with E-state index in [2.05, 4.69) is 28.5 Å². The molecule has 0 spiro atoms. The molecule has 1 aliphatic carbocycles. The third kappa shape index (κ3) is 2.44. The monoisotopic (exact) mass is 211 g/mol. The second-order valence-electron chi connectivity index (χ2n) is 4.83. The molecule has 0 bridgehead atoms. The first-order chi connectivity index (χ1) is 6.66. The number of rotatable bonds is 2. The van der Waals surface area contributed by atoms with E-state index in [0.717, 1.165) is 5.13 Å². The van der Waals surface area contributed by atoms with Crippen molar-refractivity contribution in [1.29, 1.82) is 0 Å². The average molecular weight is 211 g/mol. The van der Waals surface area contributed by atoms with E-state index in [1.54, 1.807) is 6.33 Å². The van der Waals surface area contributed by atoms with Crippen LogP contribution in [-0.2, 0) is 0 Å². The van der Waals surface area contributed by atoms with Crippen LogP contribution in [0.1, 0.15) is 39.5 Å². The molecule has 1 aromatic heterocycles. The van der Waals surface area contributed by atoms with Gasteiger partial charge >= 0.3 is 0 Å². The third-order valence-electron chi connectivity index (χ3n) is 3.03. The maximum absolute atomic E-state index is 4.14. The Hall–Kier alpha value is -0.640. The summed E-state index contributed by atoms with van der Waals surface area (Å²) in [6.07, 6.45) is 6.74. The summed E-state index contributed by atoms with van der Waals surface area (Å²) in [6.45, 7) is 4.71. The first-order valence-electron chi connectivity index (χ1n) is 5.19. The molecule has 0 atom stereocenters. The Morgan fingerprint density at radius 1 is 1.43 bits per heavy atom. The minimum Gasteiger partial charge on any atom is -0.358 e. The van der Waals surface area contributed by atoms with Crippen LogP contribution in [0.4, 0.5) is 5.13 Å². The van der Waals surface area contributed by atoms with E-state index in [-0.39, 0.29) is 0 Å². The van der Waals surface area contributed by atoms with Gasteiger partial charge in [-0.15, -0.1) is 0 Å². The third-order valence-corrected chi connectivity index (χ3v) is 3.62. The molecule has 4 heteroatoms. The molecule has 0 aliphatic heterocycles. The fourth-order valence-electron chi connectivity index (χ4n) is 1.95.